The summed E-state index contributed by atoms with van der Waals surface area (Å²) >= 11 is 0. The minimum atomic E-state index is 0.124. The lowest BCUT2D eigenvalue weighted by Gasteiger charge is -2.22. The largest absolute Gasteiger partial charge is 0.494 e. The van der Waals surface area contributed by atoms with E-state index in [1.807, 2.05) is 12.1 Å². The molecule has 160 valence electrons. The lowest BCUT2D eigenvalue weighted by molar-refractivity contribution is 0.207. The first-order chi connectivity index (χ1) is 14.2. The summed E-state index contributed by atoms with van der Waals surface area (Å²) in [6.07, 6.45) is 7.08. The zero-order chi connectivity index (χ0) is 20.9. The van der Waals surface area contributed by atoms with Gasteiger partial charge in [-0.2, -0.15) is 0 Å². The van der Waals surface area contributed by atoms with E-state index in [4.69, 9.17) is 9.47 Å². The van der Waals surface area contributed by atoms with Crippen molar-refractivity contribution in [1.82, 2.24) is 0 Å². The number of unbranched alkanes of at least 4 members (excludes halogenated alkanes) is 3. The number of rotatable bonds is 14. The highest BCUT2D eigenvalue weighted by atomic mass is 16.5. The van der Waals surface area contributed by atoms with Crippen LogP contribution in [0.3, 0.4) is 0 Å². The Morgan fingerprint density at radius 1 is 0.897 bits per heavy atom. The zero-order valence-corrected chi connectivity index (χ0v) is 18.7. The fourth-order valence-corrected chi connectivity index (χ4v) is 3.31. The van der Waals surface area contributed by atoms with Crippen molar-refractivity contribution in [2.24, 2.45) is 0 Å². The van der Waals surface area contributed by atoms with E-state index in [0.717, 1.165) is 49.6 Å². The Morgan fingerprint density at radius 3 is 2.48 bits per heavy atom. The van der Waals surface area contributed by atoms with Gasteiger partial charge in [0.1, 0.15) is 17.6 Å². The van der Waals surface area contributed by atoms with Gasteiger partial charge in [-0.05, 0) is 48.9 Å². The second-order valence-electron chi connectivity index (χ2n) is 7.81. The molecule has 2 rings (SSSR count). The molecule has 1 N–H and O–H groups in total. The van der Waals surface area contributed by atoms with Gasteiger partial charge < -0.3 is 14.8 Å². The van der Waals surface area contributed by atoms with Crippen LogP contribution in [0.15, 0.2) is 48.5 Å². The minimum Gasteiger partial charge on any atom is -0.494 e. The van der Waals surface area contributed by atoms with Gasteiger partial charge in [-0.15, -0.1) is 0 Å². The van der Waals surface area contributed by atoms with Crippen LogP contribution in [0.2, 0.25) is 0 Å². The van der Waals surface area contributed by atoms with Gasteiger partial charge in [0.25, 0.3) is 0 Å². The summed E-state index contributed by atoms with van der Waals surface area (Å²) in [7, 11) is 0. The summed E-state index contributed by atoms with van der Waals surface area (Å²) in [4.78, 5) is 0. The first-order valence-electron chi connectivity index (χ1n) is 11.4. The normalized spacial score (nSPS) is 13.0. The standard InChI is InChI=1S/C26H39NO2/c1-5-8-9-12-18-28-24-15-13-14-22(19-24)27-20-23(7-3)29-26-17-11-10-16-25(26)21(4)6-2/h10-11,13-17,19,21,23,27H,5-9,12,18,20H2,1-4H3. The molecular weight excluding hydrogens is 358 g/mol. The lowest BCUT2D eigenvalue weighted by atomic mass is 9.98. The molecule has 2 aromatic carbocycles. The number of anilines is 1. The van der Waals surface area contributed by atoms with Gasteiger partial charge in [-0.1, -0.05) is 71.2 Å². The van der Waals surface area contributed by atoms with Gasteiger partial charge in [0.2, 0.25) is 0 Å². The smallest absolute Gasteiger partial charge is 0.123 e. The third-order valence-electron chi connectivity index (χ3n) is 5.45. The van der Waals surface area contributed by atoms with E-state index >= 15 is 0 Å². The topological polar surface area (TPSA) is 30.5 Å². The van der Waals surface area contributed by atoms with Crippen molar-refractivity contribution >= 4 is 5.69 Å². The Kier molecular flexibility index (Phi) is 10.5. The molecule has 0 spiro atoms. The van der Waals surface area contributed by atoms with Crippen molar-refractivity contribution in [3.05, 3.63) is 54.1 Å². The van der Waals surface area contributed by atoms with Crippen LogP contribution >= 0.6 is 0 Å². The molecule has 0 fully saturated rings. The van der Waals surface area contributed by atoms with Gasteiger partial charge in [-0.25, -0.2) is 0 Å². The quantitative estimate of drug-likeness (QED) is 0.336. The fraction of sp³-hybridized carbons (Fsp3) is 0.538. The summed E-state index contributed by atoms with van der Waals surface area (Å²) in [6, 6.07) is 16.7. The first kappa shape index (κ1) is 23.1. The van der Waals surface area contributed by atoms with E-state index in [1.54, 1.807) is 0 Å². The van der Waals surface area contributed by atoms with Crippen molar-refractivity contribution in [2.75, 3.05) is 18.5 Å². The summed E-state index contributed by atoms with van der Waals surface area (Å²) in [6.45, 7) is 10.4. The predicted molar refractivity (Wildman–Crippen MR) is 124 cm³/mol. The van der Waals surface area contributed by atoms with E-state index in [0.29, 0.717) is 5.92 Å². The van der Waals surface area contributed by atoms with Crippen LogP contribution in [0.1, 0.15) is 77.7 Å². The Hall–Kier alpha value is -2.16. The molecule has 0 bridgehead atoms. The van der Waals surface area contributed by atoms with E-state index in [1.165, 1.54) is 24.8 Å². The van der Waals surface area contributed by atoms with Crippen LogP contribution in [0.25, 0.3) is 0 Å². The van der Waals surface area contributed by atoms with Crippen LogP contribution in [0.5, 0.6) is 11.5 Å². The zero-order valence-electron chi connectivity index (χ0n) is 18.7. The number of hydrogen-bond acceptors (Lipinski definition) is 3. The van der Waals surface area contributed by atoms with Crippen molar-refractivity contribution in [2.45, 2.75) is 78.2 Å². The fourth-order valence-electron chi connectivity index (χ4n) is 3.31. The van der Waals surface area contributed by atoms with Crippen LogP contribution in [-0.2, 0) is 0 Å². The van der Waals surface area contributed by atoms with Crippen LogP contribution in [0.4, 0.5) is 5.69 Å². The average molecular weight is 398 g/mol. The van der Waals surface area contributed by atoms with E-state index in [9.17, 15) is 0 Å². The maximum Gasteiger partial charge on any atom is 0.123 e. The minimum absolute atomic E-state index is 0.124. The highest BCUT2D eigenvalue weighted by Crippen LogP contribution is 2.29. The Labute approximate surface area is 177 Å². The first-order valence-corrected chi connectivity index (χ1v) is 11.4. The SMILES string of the molecule is CCCCCCOc1cccc(NCC(CC)Oc2ccccc2C(C)CC)c1. The van der Waals surface area contributed by atoms with Gasteiger partial charge in [0, 0.05) is 11.8 Å². The summed E-state index contributed by atoms with van der Waals surface area (Å²) < 4.78 is 12.3. The Balaban J connectivity index is 1.89. The Morgan fingerprint density at radius 2 is 1.72 bits per heavy atom. The van der Waals surface area contributed by atoms with E-state index < -0.39 is 0 Å². The monoisotopic (exact) mass is 397 g/mol. The van der Waals surface area contributed by atoms with Crippen molar-refractivity contribution < 1.29 is 9.47 Å². The highest BCUT2D eigenvalue weighted by molar-refractivity contribution is 5.48. The highest BCUT2D eigenvalue weighted by Gasteiger charge is 2.14. The number of para-hydroxylation sites is 1. The molecule has 2 aromatic rings. The number of hydrogen-bond donors (Lipinski definition) is 1. The molecule has 0 aromatic heterocycles. The second-order valence-corrected chi connectivity index (χ2v) is 7.81. The maximum atomic E-state index is 6.38. The maximum absolute atomic E-state index is 6.38. The molecule has 3 heteroatoms. The lowest BCUT2D eigenvalue weighted by Crippen LogP contribution is -2.26. The molecule has 3 nitrogen and oxygen atoms in total. The molecule has 0 amide bonds. The van der Waals surface area contributed by atoms with Crippen LogP contribution < -0.4 is 14.8 Å². The molecule has 0 heterocycles. The van der Waals surface area contributed by atoms with E-state index in [-0.39, 0.29) is 6.10 Å². The van der Waals surface area contributed by atoms with Crippen LogP contribution in [-0.4, -0.2) is 19.3 Å². The van der Waals surface area contributed by atoms with Crippen molar-refractivity contribution in [3.8, 4) is 11.5 Å². The van der Waals surface area contributed by atoms with Gasteiger partial charge >= 0.3 is 0 Å². The number of benzene rings is 2. The molecular formula is C26H39NO2. The van der Waals surface area contributed by atoms with Crippen molar-refractivity contribution in [3.63, 3.8) is 0 Å². The summed E-state index contributed by atoms with van der Waals surface area (Å²) in [5.74, 6) is 2.45. The second kappa shape index (κ2) is 13.1. The molecule has 0 saturated carbocycles. The van der Waals surface area contributed by atoms with E-state index in [2.05, 4.69) is 69.4 Å². The van der Waals surface area contributed by atoms with Gasteiger partial charge in [0.15, 0.2) is 0 Å². The summed E-state index contributed by atoms with van der Waals surface area (Å²) in [5.41, 5.74) is 2.38. The van der Waals surface area contributed by atoms with Crippen molar-refractivity contribution in [1.29, 1.82) is 0 Å². The Bertz CT molecular complexity index is 701. The molecule has 2 unspecified atom stereocenters. The molecule has 2 atom stereocenters. The predicted octanol–water partition coefficient (Wildman–Crippen LogP) is 7.43. The van der Waals surface area contributed by atoms with Gasteiger partial charge in [-0.3, -0.25) is 0 Å². The molecule has 0 saturated heterocycles. The number of nitrogens with one attached hydrogen (secondary N) is 1. The molecule has 0 aliphatic heterocycles. The molecule has 29 heavy (non-hydrogen) atoms. The summed E-state index contributed by atoms with van der Waals surface area (Å²) in [5, 5.41) is 3.52. The third-order valence-corrected chi connectivity index (χ3v) is 5.45. The average Bonchev–Trinajstić information content (AvgIpc) is 2.76. The molecule has 0 radical (unpaired) electrons. The number of ether oxygens (including phenoxy) is 2. The molecule has 0 aliphatic rings. The van der Waals surface area contributed by atoms with Gasteiger partial charge in [0.05, 0.1) is 13.2 Å². The molecule has 0 aliphatic carbocycles. The third kappa shape index (κ3) is 8.00. The van der Waals surface area contributed by atoms with Crippen LogP contribution in [0, 0.1) is 0 Å².